The average Bonchev–Trinajstić information content (AvgIpc) is 2.64. The lowest BCUT2D eigenvalue weighted by atomic mass is 9.79. The summed E-state index contributed by atoms with van der Waals surface area (Å²) in [6.45, 7) is 1.77. The molecule has 0 spiro atoms. The van der Waals surface area contributed by atoms with Gasteiger partial charge in [-0.3, -0.25) is 25.2 Å². The van der Waals surface area contributed by atoms with Crippen molar-refractivity contribution in [1.82, 2.24) is 10.9 Å². The van der Waals surface area contributed by atoms with Gasteiger partial charge >= 0.3 is 5.97 Å². The van der Waals surface area contributed by atoms with Crippen molar-refractivity contribution < 1.29 is 24.2 Å². The first kappa shape index (κ1) is 20.2. The highest BCUT2D eigenvalue weighted by Crippen LogP contribution is 2.30. The number of carboxylic acids is 1. The SMILES string of the molecule is CCc1ccc(OCC(=O)NNC(=O)C2CCCCC2C(=O)O)c(Br)c1. The number of hydrogen-bond donors (Lipinski definition) is 3. The predicted octanol–water partition coefficient (Wildman–Crippen LogP) is 2.43. The van der Waals surface area contributed by atoms with E-state index in [0.717, 1.165) is 29.3 Å². The number of halogens is 1. The van der Waals surface area contributed by atoms with Crippen LogP contribution in [0, 0.1) is 11.8 Å². The number of hydrazine groups is 1. The highest BCUT2D eigenvalue weighted by molar-refractivity contribution is 9.10. The molecule has 2 amide bonds. The molecule has 1 aromatic rings. The number of benzene rings is 1. The van der Waals surface area contributed by atoms with Crippen molar-refractivity contribution in [3.63, 3.8) is 0 Å². The summed E-state index contributed by atoms with van der Waals surface area (Å²) >= 11 is 3.39. The number of carbonyl (C=O) groups is 3. The molecule has 7 nitrogen and oxygen atoms in total. The van der Waals surface area contributed by atoms with Crippen LogP contribution < -0.4 is 15.6 Å². The van der Waals surface area contributed by atoms with Crippen LogP contribution in [0.5, 0.6) is 5.75 Å². The van der Waals surface area contributed by atoms with Crippen molar-refractivity contribution in [2.75, 3.05) is 6.61 Å². The average molecular weight is 427 g/mol. The van der Waals surface area contributed by atoms with Crippen molar-refractivity contribution in [3.8, 4) is 5.75 Å². The third kappa shape index (κ3) is 5.45. The minimum absolute atomic E-state index is 0.266. The monoisotopic (exact) mass is 426 g/mol. The van der Waals surface area contributed by atoms with E-state index in [1.54, 1.807) is 6.07 Å². The highest BCUT2D eigenvalue weighted by Gasteiger charge is 2.35. The van der Waals surface area contributed by atoms with Gasteiger partial charge in [0.05, 0.1) is 16.3 Å². The van der Waals surface area contributed by atoms with E-state index in [1.165, 1.54) is 0 Å². The molecular weight excluding hydrogens is 404 g/mol. The maximum Gasteiger partial charge on any atom is 0.307 e. The summed E-state index contributed by atoms with van der Waals surface area (Å²) in [4.78, 5) is 35.3. The summed E-state index contributed by atoms with van der Waals surface area (Å²) in [7, 11) is 0. The van der Waals surface area contributed by atoms with Crippen LogP contribution >= 0.6 is 15.9 Å². The van der Waals surface area contributed by atoms with E-state index in [9.17, 15) is 19.5 Å². The predicted molar refractivity (Wildman–Crippen MR) is 98.4 cm³/mol. The van der Waals surface area contributed by atoms with Crippen LogP contribution in [-0.4, -0.2) is 29.5 Å². The summed E-state index contributed by atoms with van der Waals surface area (Å²) in [6.07, 6.45) is 3.48. The largest absolute Gasteiger partial charge is 0.483 e. The maximum atomic E-state index is 12.2. The van der Waals surface area contributed by atoms with Gasteiger partial charge in [0, 0.05) is 0 Å². The fourth-order valence-electron chi connectivity index (χ4n) is 3.02. The normalized spacial score (nSPS) is 19.5. The smallest absolute Gasteiger partial charge is 0.307 e. The van der Waals surface area contributed by atoms with Gasteiger partial charge in [0.15, 0.2) is 6.61 Å². The Bertz CT molecular complexity index is 680. The summed E-state index contributed by atoms with van der Waals surface area (Å²) in [5.74, 6) is -2.77. The molecule has 2 atom stereocenters. The van der Waals surface area contributed by atoms with Gasteiger partial charge < -0.3 is 9.84 Å². The number of carboxylic acid groups (broad SMARTS) is 1. The van der Waals surface area contributed by atoms with E-state index in [2.05, 4.69) is 26.8 Å². The fourth-order valence-corrected chi connectivity index (χ4v) is 3.57. The summed E-state index contributed by atoms with van der Waals surface area (Å²) < 4.78 is 6.18. The molecule has 1 saturated carbocycles. The molecule has 0 radical (unpaired) electrons. The first-order chi connectivity index (χ1) is 12.4. The molecule has 2 unspecified atom stereocenters. The zero-order chi connectivity index (χ0) is 19.1. The molecular formula is C18H23BrN2O5. The zero-order valence-corrected chi connectivity index (χ0v) is 16.2. The minimum atomic E-state index is -0.972. The molecule has 0 heterocycles. The van der Waals surface area contributed by atoms with Crippen LogP contribution in [0.3, 0.4) is 0 Å². The van der Waals surface area contributed by atoms with E-state index < -0.39 is 29.6 Å². The fraction of sp³-hybridized carbons (Fsp3) is 0.500. The van der Waals surface area contributed by atoms with Gasteiger partial charge in [0.2, 0.25) is 5.91 Å². The first-order valence-electron chi connectivity index (χ1n) is 8.65. The third-order valence-corrected chi connectivity index (χ3v) is 5.13. The number of aryl methyl sites for hydroxylation is 1. The highest BCUT2D eigenvalue weighted by atomic mass is 79.9. The van der Waals surface area contributed by atoms with Gasteiger partial charge in [-0.15, -0.1) is 0 Å². The summed E-state index contributed by atoms with van der Waals surface area (Å²) in [6, 6.07) is 5.60. The second-order valence-electron chi connectivity index (χ2n) is 6.28. The number of hydrogen-bond acceptors (Lipinski definition) is 4. The Labute approximate surface area is 160 Å². The molecule has 1 fully saturated rings. The Morgan fingerprint density at radius 2 is 1.88 bits per heavy atom. The molecule has 0 aliphatic heterocycles. The summed E-state index contributed by atoms with van der Waals surface area (Å²) in [5.41, 5.74) is 5.73. The van der Waals surface area contributed by atoms with E-state index in [-0.39, 0.29) is 6.61 Å². The molecule has 1 aliphatic rings. The van der Waals surface area contributed by atoms with Crippen LogP contribution in [0.25, 0.3) is 0 Å². The molecule has 142 valence electrons. The molecule has 2 rings (SSSR count). The number of carbonyl (C=O) groups excluding carboxylic acids is 2. The Morgan fingerprint density at radius 1 is 1.19 bits per heavy atom. The van der Waals surface area contributed by atoms with E-state index in [4.69, 9.17) is 4.74 Å². The Kier molecular flexibility index (Phi) is 7.44. The van der Waals surface area contributed by atoms with Crippen LogP contribution in [0.1, 0.15) is 38.2 Å². The van der Waals surface area contributed by atoms with E-state index in [0.29, 0.717) is 18.6 Å². The number of rotatable bonds is 6. The molecule has 3 N–H and O–H groups in total. The van der Waals surface area contributed by atoms with Crippen LogP contribution in [0.4, 0.5) is 0 Å². The van der Waals surface area contributed by atoms with Gasteiger partial charge in [0.25, 0.3) is 5.91 Å². The second-order valence-corrected chi connectivity index (χ2v) is 7.13. The summed E-state index contributed by atoms with van der Waals surface area (Å²) in [5, 5.41) is 9.22. The molecule has 26 heavy (non-hydrogen) atoms. The number of ether oxygens (including phenoxy) is 1. The van der Waals surface area contributed by atoms with Crippen LogP contribution in [0.2, 0.25) is 0 Å². The molecule has 0 saturated heterocycles. The number of aliphatic carboxylic acids is 1. The van der Waals surface area contributed by atoms with Gasteiger partial charge in [-0.25, -0.2) is 0 Å². The zero-order valence-electron chi connectivity index (χ0n) is 14.6. The van der Waals surface area contributed by atoms with Crippen molar-refractivity contribution in [3.05, 3.63) is 28.2 Å². The van der Waals surface area contributed by atoms with Crippen molar-refractivity contribution in [2.24, 2.45) is 11.8 Å². The van der Waals surface area contributed by atoms with Crippen LogP contribution in [0.15, 0.2) is 22.7 Å². The molecule has 1 aromatic carbocycles. The molecule has 1 aliphatic carbocycles. The number of amides is 2. The van der Waals surface area contributed by atoms with Gasteiger partial charge in [0.1, 0.15) is 5.75 Å². The Morgan fingerprint density at radius 3 is 2.50 bits per heavy atom. The van der Waals surface area contributed by atoms with Crippen molar-refractivity contribution in [2.45, 2.75) is 39.0 Å². The molecule has 0 bridgehead atoms. The second kappa shape index (κ2) is 9.56. The third-order valence-electron chi connectivity index (χ3n) is 4.51. The lowest BCUT2D eigenvalue weighted by Crippen LogP contribution is -2.49. The Hall–Kier alpha value is -2.09. The first-order valence-corrected chi connectivity index (χ1v) is 9.44. The maximum absolute atomic E-state index is 12.2. The van der Waals surface area contributed by atoms with Crippen molar-refractivity contribution >= 4 is 33.7 Å². The Balaban J connectivity index is 1.81. The topological polar surface area (TPSA) is 105 Å². The van der Waals surface area contributed by atoms with E-state index in [1.807, 2.05) is 19.1 Å². The van der Waals surface area contributed by atoms with Gasteiger partial charge in [-0.1, -0.05) is 25.8 Å². The standard InChI is InChI=1S/C18H23BrN2O5/c1-2-11-7-8-15(14(19)9-11)26-10-16(22)20-21-17(23)12-5-3-4-6-13(12)18(24)25/h7-9,12-13H,2-6,10H2,1H3,(H,20,22)(H,21,23)(H,24,25). The van der Waals surface area contributed by atoms with Crippen LogP contribution in [-0.2, 0) is 20.8 Å². The van der Waals surface area contributed by atoms with Gasteiger partial charge in [-0.2, -0.15) is 0 Å². The lowest BCUT2D eigenvalue weighted by Gasteiger charge is -2.27. The molecule has 0 aromatic heterocycles. The lowest BCUT2D eigenvalue weighted by molar-refractivity contribution is -0.149. The number of nitrogens with one attached hydrogen (secondary N) is 2. The quantitative estimate of drug-likeness (QED) is 0.605. The van der Waals surface area contributed by atoms with Gasteiger partial charge in [-0.05, 0) is 52.9 Å². The molecule has 8 heteroatoms. The van der Waals surface area contributed by atoms with Crippen molar-refractivity contribution in [1.29, 1.82) is 0 Å². The minimum Gasteiger partial charge on any atom is -0.483 e. The van der Waals surface area contributed by atoms with E-state index >= 15 is 0 Å².